The molecule has 1 fully saturated rings. The summed E-state index contributed by atoms with van der Waals surface area (Å²) in [5.74, 6) is 0.251. The van der Waals surface area contributed by atoms with Crippen LogP contribution in [0.2, 0.25) is 0 Å². The highest BCUT2D eigenvalue weighted by Gasteiger charge is 2.26. The molecule has 1 N–H and O–H groups in total. The van der Waals surface area contributed by atoms with Gasteiger partial charge in [-0.3, -0.25) is 9.59 Å². The summed E-state index contributed by atoms with van der Waals surface area (Å²) in [4.78, 5) is 27.0. The molecule has 4 rings (SSSR count). The van der Waals surface area contributed by atoms with Crippen molar-refractivity contribution < 1.29 is 9.18 Å². The van der Waals surface area contributed by atoms with Gasteiger partial charge in [0.2, 0.25) is 5.91 Å². The zero-order valence-electron chi connectivity index (χ0n) is 17.9. The molecule has 0 unspecified atom stereocenters. The van der Waals surface area contributed by atoms with Crippen molar-refractivity contribution in [2.75, 3.05) is 24.5 Å². The normalized spacial score (nSPS) is 16.1. The van der Waals surface area contributed by atoms with Crippen LogP contribution in [0.15, 0.2) is 53.3 Å². The highest BCUT2D eigenvalue weighted by atomic mass is 19.1. The molecule has 0 spiro atoms. The third-order valence-corrected chi connectivity index (χ3v) is 5.53. The van der Waals surface area contributed by atoms with Gasteiger partial charge in [-0.2, -0.15) is 10.2 Å². The van der Waals surface area contributed by atoms with E-state index in [4.69, 9.17) is 0 Å². The molecule has 1 aliphatic heterocycles. The average molecular weight is 436 g/mol. The molecule has 0 saturated carbocycles. The van der Waals surface area contributed by atoms with Gasteiger partial charge in [0.05, 0.1) is 23.9 Å². The number of piperidine rings is 1. The number of carbonyl (C=O) groups is 1. The smallest absolute Gasteiger partial charge is 0.266 e. The minimum Gasteiger partial charge on any atom is -0.354 e. The van der Waals surface area contributed by atoms with Crippen molar-refractivity contribution in [3.05, 3.63) is 70.4 Å². The summed E-state index contributed by atoms with van der Waals surface area (Å²) in [5.41, 5.74) is 1.88. The first-order valence-electron chi connectivity index (χ1n) is 10.7. The summed E-state index contributed by atoms with van der Waals surface area (Å²) < 4.78 is 14.5. The molecule has 166 valence electrons. The fourth-order valence-electron chi connectivity index (χ4n) is 3.77. The van der Waals surface area contributed by atoms with Crippen molar-refractivity contribution in [1.29, 1.82) is 0 Å². The second-order valence-corrected chi connectivity index (χ2v) is 7.90. The number of halogens is 1. The zero-order chi connectivity index (χ0) is 22.5. The second kappa shape index (κ2) is 9.67. The molecule has 9 heteroatoms. The van der Waals surface area contributed by atoms with Crippen molar-refractivity contribution in [1.82, 2.24) is 25.3 Å². The fraction of sp³-hybridized carbons (Fsp3) is 0.348. The predicted molar refractivity (Wildman–Crippen MR) is 119 cm³/mol. The van der Waals surface area contributed by atoms with Crippen LogP contribution in [0.3, 0.4) is 0 Å². The van der Waals surface area contributed by atoms with Crippen LogP contribution in [0.25, 0.3) is 11.3 Å². The molecule has 1 amide bonds. The SMILES string of the molecule is Cc1ccc(N2CCC[C@@H](C(=O)NCCn3nc(-c4ccc(F)cc4)ccc3=O)C2)nn1. The standard InChI is InChI=1S/C23H25FN6O2/c1-16-4-10-21(27-26-16)29-13-2-3-18(15-29)23(32)25-12-14-30-22(31)11-9-20(28-30)17-5-7-19(24)8-6-17/h4-11,18H,2-3,12-15H2,1H3,(H,25,32)/t18-/m1/s1. The Bertz CT molecular complexity index is 1130. The number of benzene rings is 1. The molecule has 1 saturated heterocycles. The Hall–Kier alpha value is -3.62. The van der Waals surface area contributed by atoms with E-state index >= 15 is 0 Å². The number of carbonyl (C=O) groups excluding carboxylic acids is 1. The summed E-state index contributed by atoms with van der Waals surface area (Å²) in [6.07, 6.45) is 1.70. The quantitative estimate of drug-likeness (QED) is 0.637. The number of rotatable bonds is 6. The number of amides is 1. The molecule has 1 aromatic carbocycles. The van der Waals surface area contributed by atoms with E-state index in [1.54, 1.807) is 18.2 Å². The fourth-order valence-corrected chi connectivity index (χ4v) is 3.77. The first kappa shape index (κ1) is 21.6. The molecule has 0 bridgehead atoms. The number of aromatic nitrogens is 4. The molecule has 1 atom stereocenters. The van der Waals surface area contributed by atoms with Gasteiger partial charge in [-0.1, -0.05) is 0 Å². The van der Waals surface area contributed by atoms with E-state index in [1.165, 1.54) is 22.9 Å². The largest absolute Gasteiger partial charge is 0.354 e. The molecule has 3 heterocycles. The highest BCUT2D eigenvalue weighted by Crippen LogP contribution is 2.21. The van der Waals surface area contributed by atoms with Gasteiger partial charge < -0.3 is 10.2 Å². The maximum absolute atomic E-state index is 13.2. The van der Waals surface area contributed by atoms with Gasteiger partial charge in [0.15, 0.2) is 5.82 Å². The van der Waals surface area contributed by atoms with E-state index in [-0.39, 0.29) is 29.7 Å². The van der Waals surface area contributed by atoms with Gasteiger partial charge >= 0.3 is 0 Å². The number of nitrogens with one attached hydrogen (secondary N) is 1. The van der Waals surface area contributed by atoms with Gasteiger partial charge in [0, 0.05) is 31.3 Å². The monoisotopic (exact) mass is 436 g/mol. The van der Waals surface area contributed by atoms with Crippen molar-refractivity contribution in [2.24, 2.45) is 5.92 Å². The lowest BCUT2D eigenvalue weighted by atomic mass is 9.97. The number of hydrogen-bond donors (Lipinski definition) is 1. The summed E-state index contributed by atoms with van der Waals surface area (Å²) in [5, 5.41) is 15.6. The van der Waals surface area contributed by atoms with Crippen molar-refractivity contribution >= 4 is 11.7 Å². The van der Waals surface area contributed by atoms with Crippen LogP contribution >= 0.6 is 0 Å². The summed E-state index contributed by atoms with van der Waals surface area (Å²) in [6.45, 7) is 3.86. The van der Waals surface area contributed by atoms with Crippen LogP contribution in [0.4, 0.5) is 10.2 Å². The van der Waals surface area contributed by atoms with Crippen LogP contribution in [0.1, 0.15) is 18.5 Å². The average Bonchev–Trinajstić information content (AvgIpc) is 2.81. The van der Waals surface area contributed by atoms with E-state index < -0.39 is 0 Å². The van der Waals surface area contributed by atoms with Crippen LogP contribution in [0.5, 0.6) is 0 Å². The van der Waals surface area contributed by atoms with Crippen molar-refractivity contribution in [2.45, 2.75) is 26.3 Å². The lowest BCUT2D eigenvalue weighted by molar-refractivity contribution is -0.125. The van der Waals surface area contributed by atoms with Crippen LogP contribution in [-0.4, -0.2) is 45.5 Å². The van der Waals surface area contributed by atoms with Gasteiger partial charge in [0.1, 0.15) is 5.82 Å². The highest BCUT2D eigenvalue weighted by molar-refractivity contribution is 5.79. The van der Waals surface area contributed by atoms with Gasteiger partial charge in [0.25, 0.3) is 5.56 Å². The first-order chi connectivity index (χ1) is 15.5. The Morgan fingerprint density at radius 2 is 1.94 bits per heavy atom. The third-order valence-electron chi connectivity index (χ3n) is 5.53. The maximum Gasteiger partial charge on any atom is 0.266 e. The first-order valence-corrected chi connectivity index (χ1v) is 10.7. The third kappa shape index (κ3) is 5.16. The number of aryl methyl sites for hydroxylation is 1. The Labute approximate surface area is 185 Å². The molecule has 0 radical (unpaired) electrons. The Morgan fingerprint density at radius 3 is 2.69 bits per heavy atom. The lowest BCUT2D eigenvalue weighted by Gasteiger charge is -2.32. The van der Waals surface area contributed by atoms with Crippen molar-refractivity contribution in [3.63, 3.8) is 0 Å². The molecule has 8 nitrogen and oxygen atoms in total. The zero-order valence-corrected chi connectivity index (χ0v) is 17.9. The van der Waals surface area contributed by atoms with Crippen LogP contribution in [-0.2, 0) is 11.3 Å². The van der Waals surface area contributed by atoms with E-state index in [2.05, 4.69) is 25.5 Å². The topological polar surface area (TPSA) is 93.0 Å². The Kier molecular flexibility index (Phi) is 6.53. The van der Waals surface area contributed by atoms with E-state index in [0.717, 1.165) is 30.9 Å². The Balaban J connectivity index is 1.34. The van der Waals surface area contributed by atoms with E-state index in [0.29, 0.717) is 24.3 Å². The number of hydrogen-bond acceptors (Lipinski definition) is 6. The van der Waals surface area contributed by atoms with Crippen molar-refractivity contribution in [3.8, 4) is 11.3 Å². The molecule has 0 aliphatic carbocycles. The van der Waals surface area contributed by atoms with Gasteiger partial charge in [-0.25, -0.2) is 9.07 Å². The predicted octanol–water partition coefficient (Wildman–Crippen LogP) is 2.18. The molecular weight excluding hydrogens is 411 g/mol. The van der Waals surface area contributed by atoms with Gasteiger partial charge in [-0.05, 0) is 62.2 Å². The van der Waals surface area contributed by atoms with E-state index in [9.17, 15) is 14.0 Å². The molecule has 32 heavy (non-hydrogen) atoms. The summed E-state index contributed by atoms with van der Waals surface area (Å²) >= 11 is 0. The van der Waals surface area contributed by atoms with Crippen LogP contribution in [0, 0.1) is 18.7 Å². The van der Waals surface area contributed by atoms with E-state index in [1.807, 2.05) is 19.1 Å². The number of anilines is 1. The molecular formula is C23H25FN6O2. The lowest BCUT2D eigenvalue weighted by Crippen LogP contribution is -2.44. The molecule has 3 aromatic rings. The van der Waals surface area contributed by atoms with Crippen LogP contribution < -0.4 is 15.8 Å². The molecule has 2 aromatic heterocycles. The minimum absolute atomic E-state index is 0.0440. The Morgan fingerprint density at radius 1 is 1.12 bits per heavy atom. The minimum atomic E-state index is -0.333. The maximum atomic E-state index is 13.2. The van der Waals surface area contributed by atoms with Gasteiger partial charge in [-0.15, -0.1) is 5.10 Å². The molecule has 1 aliphatic rings. The second-order valence-electron chi connectivity index (χ2n) is 7.90. The summed E-state index contributed by atoms with van der Waals surface area (Å²) in [7, 11) is 0. The summed E-state index contributed by atoms with van der Waals surface area (Å²) in [6, 6.07) is 12.8. The number of nitrogens with zero attached hydrogens (tertiary/aromatic N) is 5.